The molecule has 110 valence electrons. The van der Waals surface area contributed by atoms with E-state index in [0.29, 0.717) is 28.5 Å². The molecule has 5 nitrogen and oxygen atoms in total. The van der Waals surface area contributed by atoms with Crippen LogP contribution in [0.1, 0.15) is 19.3 Å². The Hall–Kier alpha value is -1.82. The molecular weight excluding hydrogens is 288 g/mol. The molecule has 0 radical (unpaired) electrons. The van der Waals surface area contributed by atoms with Crippen molar-refractivity contribution in [2.75, 3.05) is 5.75 Å². The van der Waals surface area contributed by atoms with Gasteiger partial charge in [-0.1, -0.05) is 30.3 Å². The monoisotopic (exact) mass is 304 g/mol. The fraction of sp³-hybridized carbons (Fsp3) is 0.400. The molecule has 0 aliphatic heterocycles. The molecule has 0 spiro atoms. The van der Waals surface area contributed by atoms with Gasteiger partial charge >= 0.3 is 5.97 Å². The van der Waals surface area contributed by atoms with Gasteiger partial charge in [-0.25, -0.2) is 4.98 Å². The first kappa shape index (κ1) is 14.1. The Kier molecular flexibility index (Phi) is 3.96. The van der Waals surface area contributed by atoms with Crippen molar-refractivity contribution in [2.45, 2.75) is 31.0 Å². The largest absolute Gasteiger partial charge is 0.481 e. The Balaban J connectivity index is 2.05. The van der Waals surface area contributed by atoms with Crippen LogP contribution in [-0.4, -0.2) is 26.4 Å². The summed E-state index contributed by atoms with van der Waals surface area (Å²) in [6.45, 7) is 0.638. The average molecular weight is 304 g/mol. The van der Waals surface area contributed by atoms with E-state index < -0.39 is 5.97 Å². The van der Waals surface area contributed by atoms with Gasteiger partial charge in [-0.15, -0.1) is 0 Å². The van der Waals surface area contributed by atoms with Crippen molar-refractivity contribution in [1.29, 1.82) is 0 Å². The van der Waals surface area contributed by atoms with Crippen LogP contribution in [0.4, 0.5) is 0 Å². The molecule has 1 N–H and O–H groups in total. The number of thioether (sulfide) groups is 1. The second kappa shape index (κ2) is 5.89. The van der Waals surface area contributed by atoms with Gasteiger partial charge in [-0.2, -0.15) is 0 Å². The molecule has 1 saturated carbocycles. The summed E-state index contributed by atoms with van der Waals surface area (Å²) in [6, 6.07) is 7.21. The Morgan fingerprint density at radius 2 is 2.14 bits per heavy atom. The van der Waals surface area contributed by atoms with Crippen molar-refractivity contribution in [3.05, 3.63) is 34.6 Å². The highest BCUT2D eigenvalue weighted by atomic mass is 32.2. The molecule has 1 heterocycles. The van der Waals surface area contributed by atoms with E-state index >= 15 is 0 Å². The van der Waals surface area contributed by atoms with E-state index in [1.54, 1.807) is 16.7 Å². The molecule has 1 aromatic heterocycles. The van der Waals surface area contributed by atoms with E-state index in [0.717, 1.165) is 24.6 Å². The number of hydrogen-bond donors (Lipinski definition) is 1. The number of carboxylic acids is 1. The maximum absolute atomic E-state index is 12.6. The standard InChI is InChI=1S/C15H16N2O3S/c18-13(19)9-21-15-16-12-7-2-1-6-11(12)14(20)17(15)8-10-4-3-5-10/h1-2,6-7,10H,3-5,8-9H2,(H,18,19). The van der Waals surface area contributed by atoms with Gasteiger partial charge in [-0.05, 0) is 30.9 Å². The zero-order valence-corrected chi connectivity index (χ0v) is 12.3. The summed E-state index contributed by atoms with van der Waals surface area (Å²) in [7, 11) is 0. The molecule has 6 heteroatoms. The number of carboxylic acid groups (broad SMARTS) is 1. The molecule has 2 aromatic rings. The third-order valence-corrected chi connectivity index (χ3v) is 4.78. The normalized spacial score (nSPS) is 15.0. The van der Waals surface area contributed by atoms with Gasteiger partial charge in [0.1, 0.15) is 0 Å². The molecular formula is C15H16N2O3S. The van der Waals surface area contributed by atoms with E-state index in [1.165, 1.54) is 6.42 Å². The van der Waals surface area contributed by atoms with Crippen molar-refractivity contribution in [3.63, 3.8) is 0 Å². The van der Waals surface area contributed by atoms with Crippen molar-refractivity contribution in [3.8, 4) is 0 Å². The van der Waals surface area contributed by atoms with Gasteiger partial charge in [0, 0.05) is 6.54 Å². The first-order chi connectivity index (χ1) is 10.1. The minimum absolute atomic E-state index is 0.0691. The van der Waals surface area contributed by atoms with E-state index in [9.17, 15) is 9.59 Å². The van der Waals surface area contributed by atoms with Crippen molar-refractivity contribution in [1.82, 2.24) is 9.55 Å². The fourth-order valence-electron chi connectivity index (χ4n) is 2.48. The summed E-state index contributed by atoms with van der Waals surface area (Å²) < 4.78 is 1.65. The van der Waals surface area contributed by atoms with Crippen LogP contribution in [0.15, 0.2) is 34.2 Å². The Morgan fingerprint density at radius 1 is 1.38 bits per heavy atom. The second-order valence-electron chi connectivity index (χ2n) is 5.31. The molecule has 0 atom stereocenters. The highest BCUT2D eigenvalue weighted by Crippen LogP contribution is 2.29. The number of fused-ring (bicyclic) bond motifs is 1. The number of nitrogens with zero attached hydrogens (tertiary/aromatic N) is 2. The smallest absolute Gasteiger partial charge is 0.313 e. The topological polar surface area (TPSA) is 72.2 Å². The zero-order chi connectivity index (χ0) is 14.8. The predicted molar refractivity (Wildman–Crippen MR) is 81.7 cm³/mol. The lowest BCUT2D eigenvalue weighted by Crippen LogP contribution is -2.29. The van der Waals surface area contributed by atoms with Crippen LogP contribution in [0.25, 0.3) is 10.9 Å². The highest BCUT2D eigenvalue weighted by Gasteiger charge is 2.21. The van der Waals surface area contributed by atoms with E-state index in [4.69, 9.17) is 5.11 Å². The van der Waals surface area contributed by atoms with E-state index in [-0.39, 0.29) is 11.3 Å². The molecule has 1 fully saturated rings. The lowest BCUT2D eigenvalue weighted by atomic mass is 9.85. The van der Waals surface area contributed by atoms with Gasteiger partial charge in [0.05, 0.1) is 16.7 Å². The Labute approximate surface area is 126 Å². The fourth-order valence-corrected chi connectivity index (χ4v) is 3.21. The summed E-state index contributed by atoms with van der Waals surface area (Å²) in [6.07, 6.45) is 3.46. The quantitative estimate of drug-likeness (QED) is 0.678. The lowest BCUT2D eigenvalue weighted by molar-refractivity contribution is -0.133. The highest BCUT2D eigenvalue weighted by molar-refractivity contribution is 7.99. The lowest BCUT2D eigenvalue weighted by Gasteiger charge is -2.26. The molecule has 0 saturated heterocycles. The molecule has 21 heavy (non-hydrogen) atoms. The van der Waals surface area contributed by atoms with Crippen LogP contribution in [0.2, 0.25) is 0 Å². The van der Waals surface area contributed by atoms with Gasteiger partial charge in [0.2, 0.25) is 0 Å². The zero-order valence-electron chi connectivity index (χ0n) is 11.5. The number of rotatable bonds is 5. The summed E-state index contributed by atoms with van der Waals surface area (Å²) in [5, 5.41) is 9.95. The molecule has 0 unspecified atom stereocenters. The average Bonchev–Trinajstić information content (AvgIpc) is 2.42. The maximum Gasteiger partial charge on any atom is 0.313 e. The van der Waals surface area contributed by atoms with Gasteiger partial charge < -0.3 is 5.11 Å². The third kappa shape index (κ3) is 2.95. The third-order valence-electron chi connectivity index (χ3n) is 3.82. The van der Waals surface area contributed by atoms with Gasteiger partial charge in [-0.3, -0.25) is 14.2 Å². The molecule has 1 aromatic carbocycles. The van der Waals surface area contributed by atoms with Crippen LogP contribution < -0.4 is 5.56 Å². The van der Waals surface area contributed by atoms with Crippen molar-refractivity contribution in [2.24, 2.45) is 5.92 Å². The number of aliphatic carboxylic acids is 1. The molecule has 0 amide bonds. The van der Waals surface area contributed by atoms with Gasteiger partial charge in [0.25, 0.3) is 5.56 Å². The van der Waals surface area contributed by atoms with Gasteiger partial charge in [0.15, 0.2) is 5.16 Å². The minimum Gasteiger partial charge on any atom is -0.481 e. The SMILES string of the molecule is O=C(O)CSc1nc2ccccc2c(=O)n1CC1CCC1. The number of carbonyl (C=O) groups is 1. The number of para-hydroxylation sites is 1. The summed E-state index contributed by atoms with van der Waals surface area (Å²) >= 11 is 1.11. The number of aromatic nitrogens is 2. The summed E-state index contributed by atoms with van der Waals surface area (Å²) in [5.41, 5.74) is 0.556. The molecule has 1 aliphatic rings. The molecule has 3 rings (SSSR count). The predicted octanol–water partition coefficient (Wildman–Crippen LogP) is 2.37. The first-order valence-corrected chi connectivity index (χ1v) is 7.98. The second-order valence-corrected chi connectivity index (χ2v) is 6.25. The summed E-state index contributed by atoms with van der Waals surface area (Å²) in [4.78, 5) is 27.9. The Morgan fingerprint density at radius 3 is 2.81 bits per heavy atom. The number of hydrogen-bond acceptors (Lipinski definition) is 4. The van der Waals surface area contributed by atoms with Crippen LogP contribution in [0, 0.1) is 5.92 Å². The van der Waals surface area contributed by atoms with Crippen LogP contribution in [0.3, 0.4) is 0 Å². The molecule has 1 aliphatic carbocycles. The number of benzene rings is 1. The Bertz CT molecular complexity index is 737. The van der Waals surface area contributed by atoms with Crippen molar-refractivity contribution < 1.29 is 9.90 Å². The van der Waals surface area contributed by atoms with Crippen LogP contribution in [0.5, 0.6) is 0 Å². The van der Waals surface area contributed by atoms with E-state index in [1.807, 2.05) is 12.1 Å². The maximum atomic E-state index is 12.6. The van der Waals surface area contributed by atoms with Crippen LogP contribution >= 0.6 is 11.8 Å². The van der Waals surface area contributed by atoms with Crippen LogP contribution in [-0.2, 0) is 11.3 Å². The minimum atomic E-state index is -0.905. The summed E-state index contributed by atoms with van der Waals surface area (Å²) in [5.74, 6) is -0.484. The van der Waals surface area contributed by atoms with E-state index in [2.05, 4.69) is 4.98 Å². The molecule has 0 bridgehead atoms. The first-order valence-electron chi connectivity index (χ1n) is 6.99. The van der Waals surface area contributed by atoms with Crippen molar-refractivity contribution >= 4 is 28.6 Å².